The first-order valence-corrected chi connectivity index (χ1v) is 8.19. The van der Waals surface area contributed by atoms with Crippen LogP contribution in [-0.2, 0) is 0 Å². The Bertz CT molecular complexity index is 504. The molecule has 1 aliphatic heterocycles. The highest BCUT2D eigenvalue weighted by atomic mass is 35.5. The first-order chi connectivity index (χ1) is 10.4. The normalized spacial score (nSPS) is 20.4. The molecule has 1 amide bonds. The summed E-state index contributed by atoms with van der Waals surface area (Å²) >= 11 is 5.88. The SMILES string of the molecule is CC(C)[C@@H](CN1CC[C@H](O)C1)N(C)C(=O)c1ccc(Cl)cc1. The van der Waals surface area contributed by atoms with Gasteiger partial charge in [-0.1, -0.05) is 25.4 Å². The molecule has 1 N–H and O–H groups in total. The summed E-state index contributed by atoms with van der Waals surface area (Å²) in [6.07, 6.45) is 0.588. The van der Waals surface area contributed by atoms with Crippen molar-refractivity contribution in [3.05, 3.63) is 34.9 Å². The van der Waals surface area contributed by atoms with E-state index in [0.717, 1.165) is 19.5 Å². The molecule has 0 saturated carbocycles. The highest BCUT2D eigenvalue weighted by Gasteiger charge is 2.29. The Balaban J connectivity index is 2.06. The molecule has 1 heterocycles. The number of β-amino-alcohol motifs (C(OH)–C–C–N with tert-alkyl or cyclic N) is 1. The Morgan fingerprint density at radius 3 is 2.55 bits per heavy atom. The van der Waals surface area contributed by atoms with Crippen molar-refractivity contribution in [1.29, 1.82) is 0 Å². The summed E-state index contributed by atoms with van der Waals surface area (Å²) in [5, 5.41) is 10.3. The number of likely N-dealkylation sites (N-methyl/N-ethyl adjacent to an activating group) is 1. The Morgan fingerprint density at radius 1 is 1.41 bits per heavy atom. The molecule has 0 aromatic heterocycles. The highest BCUT2D eigenvalue weighted by Crippen LogP contribution is 2.18. The average Bonchev–Trinajstić information content (AvgIpc) is 2.89. The summed E-state index contributed by atoms with van der Waals surface area (Å²) in [6, 6.07) is 7.12. The molecule has 1 aromatic carbocycles. The van der Waals surface area contributed by atoms with Crippen molar-refractivity contribution in [3.63, 3.8) is 0 Å². The minimum atomic E-state index is -0.231. The van der Waals surface area contributed by atoms with Crippen LogP contribution in [0.1, 0.15) is 30.6 Å². The topological polar surface area (TPSA) is 43.8 Å². The van der Waals surface area contributed by atoms with Gasteiger partial charge in [-0.3, -0.25) is 9.69 Å². The molecule has 4 nitrogen and oxygen atoms in total. The van der Waals surface area contributed by atoms with Gasteiger partial charge in [0.1, 0.15) is 0 Å². The van der Waals surface area contributed by atoms with Crippen LogP contribution in [0, 0.1) is 5.92 Å². The number of carbonyl (C=O) groups excluding carboxylic acids is 1. The van der Waals surface area contributed by atoms with Gasteiger partial charge < -0.3 is 10.0 Å². The van der Waals surface area contributed by atoms with Gasteiger partial charge in [-0.15, -0.1) is 0 Å². The van der Waals surface area contributed by atoms with Crippen molar-refractivity contribution in [3.8, 4) is 0 Å². The smallest absolute Gasteiger partial charge is 0.253 e. The van der Waals surface area contributed by atoms with Gasteiger partial charge in [-0.2, -0.15) is 0 Å². The Morgan fingerprint density at radius 2 is 2.05 bits per heavy atom. The lowest BCUT2D eigenvalue weighted by Gasteiger charge is -2.34. The second-order valence-electron chi connectivity index (χ2n) is 6.44. The van der Waals surface area contributed by atoms with Crippen LogP contribution in [-0.4, -0.2) is 59.6 Å². The number of rotatable bonds is 5. The fourth-order valence-corrected chi connectivity index (χ4v) is 3.10. The van der Waals surface area contributed by atoms with Crippen LogP contribution >= 0.6 is 11.6 Å². The average molecular weight is 325 g/mol. The maximum atomic E-state index is 12.7. The number of hydrogen-bond acceptors (Lipinski definition) is 3. The number of halogens is 1. The Labute approximate surface area is 137 Å². The van der Waals surface area contributed by atoms with Crippen molar-refractivity contribution in [2.24, 2.45) is 5.92 Å². The molecule has 0 aliphatic carbocycles. The molecule has 2 atom stereocenters. The van der Waals surface area contributed by atoms with Crippen LogP contribution in [0.4, 0.5) is 0 Å². The number of nitrogens with zero attached hydrogens (tertiary/aromatic N) is 2. The Kier molecular flexibility index (Phi) is 5.84. The molecule has 1 saturated heterocycles. The monoisotopic (exact) mass is 324 g/mol. The van der Waals surface area contributed by atoms with E-state index < -0.39 is 0 Å². The van der Waals surface area contributed by atoms with Gasteiger partial charge in [0.2, 0.25) is 0 Å². The lowest BCUT2D eigenvalue weighted by molar-refractivity contribution is 0.0633. The van der Waals surface area contributed by atoms with Crippen LogP contribution in [0.25, 0.3) is 0 Å². The summed E-state index contributed by atoms with van der Waals surface area (Å²) < 4.78 is 0. The molecule has 1 fully saturated rings. The van der Waals surface area contributed by atoms with Crippen molar-refractivity contribution < 1.29 is 9.90 Å². The molecular weight excluding hydrogens is 300 g/mol. The van der Waals surface area contributed by atoms with Gasteiger partial charge in [0, 0.05) is 43.3 Å². The van der Waals surface area contributed by atoms with E-state index in [9.17, 15) is 9.90 Å². The largest absolute Gasteiger partial charge is 0.392 e. The first kappa shape index (κ1) is 17.3. The fourth-order valence-electron chi connectivity index (χ4n) is 2.97. The second kappa shape index (κ2) is 7.44. The maximum Gasteiger partial charge on any atom is 0.253 e. The zero-order valence-electron chi connectivity index (χ0n) is 13.5. The van der Waals surface area contributed by atoms with Crippen molar-refractivity contribution >= 4 is 17.5 Å². The highest BCUT2D eigenvalue weighted by molar-refractivity contribution is 6.30. The quantitative estimate of drug-likeness (QED) is 0.905. The van der Waals surface area contributed by atoms with E-state index in [4.69, 9.17) is 11.6 Å². The van der Waals surface area contributed by atoms with Gasteiger partial charge in [0.15, 0.2) is 0 Å². The zero-order valence-corrected chi connectivity index (χ0v) is 14.3. The third-order valence-electron chi connectivity index (χ3n) is 4.37. The van der Waals surface area contributed by atoms with E-state index in [1.807, 2.05) is 11.9 Å². The maximum absolute atomic E-state index is 12.7. The molecular formula is C17H25ClN2O2. The van der Waals surface area contributed by atoms with E-state index in [2.05, 4.69) is 18.7 Å². The van der Waals surface area contributed by atoms with Crippen LogP contribution in [0.5, 0.6) is 0 Å². The van der Waals surface area contributed by atoms with Crippen molar-refractivity contribution in [2.45, 2.75) is 32.4 Å². The number of amides is 1. The Hall–Kier alpha value is -1.10. The third-order valence-corrected chi connectivity index (χ3v) is 4.62. The minimum Gasteiger partial charge on any atom is -0.392 e. The van der Waals surface area contributed by atoms with Crippen LogP contribution < -0.4 is 0 Å². The zero-order chi connectivity index (χ0) is 16.3. The summed E-state index contributed by atoms with van der Waals surface area (Å²) in [5.74, 6) is 0.356. The van der Waals surface area contributed by atoms with Crippen molar-refractivity contribution in [1.82, 2.24) is 9.80 Å². The standard InChI is InChI=1S/C17H25ClN2O2/c1-12(2)16(11-20-9-8-15(21)10-20)19(3)17(22)13-4-6-14(18)7-5-13/h4-7,12,15-16,21H,8-11H2,1-3H3/t15-,16+/m0/s1. The number of likely N-dealkylation sites (tertiary alicyclic amines) is 1. The van der Waals surface area contributed by atoms with Crippen LogP contribution in [0.2, 0.25) is 5.02 Å². The molecule has 0 unspecified atom stereocenters. The molecule has 0 spiro atoms. The lowest BCUT2D eigenvalue weighted by Crippen LogP contribution is -2.47. The van der Waals surface area contributed by atoms with E-state index in [1.54, 1.807) is 24.3 Å². The molecule has 5 heteroatoms. The lowest BCUT2D eigenvalue weighted by atomic mass is 10.0. The van der Waals surface area contributed by atoms with E-state index in [-0.39, 0.29) is 18.1 Å². The summed E-state index contributed by atoms with van der Waals surface area (Å²) in [4.78, 5) is 16.7. The van der Waals surface area contributed by atoms with Gasteiger partial charge in [-0.05, 0) is 36.6 Å². The number of hydrogen-bond donors (Lipinski definition) is 1. The van der Waals surface area contributed by atoms with E-state index >= 15 is 0 Å². The molecule has 1 aromatic rings. The second-order valence-corrected chi connectivity index (χ2v) is 6.87. The molecule has 122 valence electrons. The summed E-state index contributed by atoms with van der Waals surface area (Å²) in [6.45, 7) is 6.65. The molecule has 0 bridgehead atoms. The molecule has 0 radical (unpaired) electrons. The van der Waals surface area contributed by atoms with Gasteiger partial charge in [-0.25, -0.2) is 0 Å². The van der Waals surface area contributed by atoms with Gasteiger partial charge >= 0.3 is 0 Å². The molecule has 2 rings (SSSR count). The molecule has 1 aliphatic rings. The summed E-state index contributed by atoms with van der Waals surface area (Å²) in [7, 11) is 1.86. The minimum absolute atomic E-state index is 0.00936. The number of carbonyl (C=O) groups is 1. The fraction of sp³-hybridized carbons (Fsp3) is 0.588. The number of aliphatic hydroxyl groups excluding tert-OH is 1. The predicted molar refractivity (Wildman–Crippen MR) is 89.2 cm³/mol. The van der Waals surface area contributed by atoms with Gasteiger partial charge in [0.25, 0.3) is 5.91 Å². The summed E-state index contributed by atoms with van der Waals surface area (Å²) in [5.41, 5.74) is 0.652. The van der Waals surface area contributed by atoms with E-state index in [1.165, 1.54) is 0 Å². The van der Waals surface area contributed by atoms with Crippen LogP contribution in [0.15, 0.2) is 24.3 Å². The predicted octanol–water partition coefficient (Wildman–Crippen LogP) is 2.50. The number of benzene rings is 1. The molecule has 22 heavy (non-hydrogen) atoms. The van der Waals surface area contributed by atoms with E-state index in [0.29, 0.717) is 23.0 Å². The van der Waals surface area contributed by atoms with Crippen LogP contribution in [0.3, 0.4) is 0 Å². The van der Waals surface area contributed by atoms with Gasteiger partial charge in [0.05, 0.1) is 6.10 Å². The first-order valence-electron chi connectivity index (χ1n) is 7.81. The third kappa shape index (κ3) is 4.22. The number of aliphatic hydroxyl groups is 1. The van der Waals surface area contributed by atoms with Crippen molar-refractivity contribution in [2.75, 3.05) is 26.7 Å².